The van der Waals surface area contributed by atoms with Gasteiger partial charge in [-0.05, 0) is 24.1 Å². The molecule has 19 heavy (non-hydrogen) atoms. The molecule has 1 rings (SSSR count). The quantitative estimate of drug-likeness (QED) is 0.682. The van der Waals surface area contributed by atoms with E-state index < -0.39 is 19.9 Å². The number of sulfonamides is 1. The highest BCUT2D eigenvalue weighted by Crippen LogP contribution is 2.10. The van der Waals surface area contributed by atoms with Crippen LogP contribution in [0.4, 0.5) is 0 Å². The van der Waals surface area contributed by atoms with Crippen LogP contribution in [0, 0.1) is 0 Å². The van der Waals surface area contributed by atoms with Crippen LogP contribution in [-0.2, 0) is 26.4 Å². The molecule has 0 spiro atoms. The molecule has 0 unspecified atom stereocenters. The first-order valence-corrected chi connectivity index (χ1v) is 9.25. The van der Waals surface area contributed by atoms with Gasteiger partial charge in [-0.2, -0.15) is 0 Å². The molecule has 0 aliphatic heterocycles. The van der Waals surface area contributed by atoms with E-state index in [0.717, 1.165) is 11.8 Å². The molecule has 0 aromatic heterocycles. The van der Waals surface area contributed by atoms with Crippen molar-refractivity contribution in [3.05, 3.63) is 29.8 Å². The van der Waals surface area contributed by atoms with E-state index in [9.17, 15) is 16.8 Å². The van der Waals surface area contributed by atoms with Gasteiger partial charge in [0, 0.05) is 19.3 Å². The summed E-state index contributed by atoms with van der Waals surface area (Å²) in [5.74, 6) is -0.0400. The highest BCUT2D eigenvalue weighted by molar-refractivity contribution is 7.90. The second kappa shape index (κ2) is 6.47. The van der Waals surface area contributed by atoms with E-state index in [2.05, 4.69) is 4.72 Å². The molecule has 1 aromatic rings. The molecule has 0 aliphatic rings. The highest BCUT2D eigenvalue weighted by atomic mass is 32.2. The van der Waals surface area contributed by atoms with Gasteiger partial charge in [0.2, 0.25) is 10.0 Å². The van der Waals surface area contributed by atoms with E-state index in [0.29, 0.717) is 6.54 Å². The van der Waals surface area contributed by atoms with E-state index in [1.54, 1.807) is 12.1 Å². The number of hydrogen-bond donors (Lipinski definition) is 2. The fourth-order valence-corrected chi connectivity index (χ4v) is 3.17. The minimum absolute atomic E-state index is 0.0400. The fraction of sp³-hybridized carbons (Fsp3) is 0.455. The van der Waals surface area contributed by atoms with Gasteiger partial charge in [0.05, 0.1) is 10.6 Å². The van der Waals surface area contributed by atoms with Gasteiger partial charge in [0.15, 0.2) is 0 Å². The van der Waals surface area contributed by atoms with E-state index in [1.807, 2.05) is 0 Å². The first-order valence-electron chi connectivity index (χ1n) is 5.71. The van der Waals surface area contributed by atoms with Crippen LogP contribution < -0.4 is 10.5 Å². The van der Waals surface area contributed by atoms with Crippen molar-refractivity contribution >= 4 is 19.9 Å². The number of hydrogen-bond acceptors (Lipinski definition) is 5. The van der Waals surface area contributed by atoms with Crippen molar-refractivity contribution in [1.29, 1.82) is 0 Å². The maximum absolute atomic E-state index is 11.9. The zero-order valence-electron chi connectivity index (χ0n) is 10.7. The molecule has 0 heterocycles. The highest BCUT2D eigenvalue weighted by Gasteiger charge is 2.13. The van der Waals surface area contributed by atoms with Gasteiger partial charge in [-0.25, -0.2) is 21.6 Å². The molecule has 8 heteroatoms. The third-order valence-corrected chi connectivity index (χ3v) is 4.96. The minimum Gasteiger partial charge on any atom is -0.326 e. The predicted molar refractivity (Wildman–Crippen MR) is 73.8 cm³/mol. The molecule has 0 radical (unpaired) electrons. The van der Waals surface area contributed by atoms with Gasteiger partial charge in [0.1, 0.15) is 9.84 Å². The van der Waals surface area contributed by atoms with Gasteiger partial charge in [-0.3, -0.25) is 0 Å². The lowest BCUT2D eigenvalue weighted by Crippen LogP contribution is -2.26. The first kappa shape index (κ1) is 16.1. The van der Waals surface area contributed by atoms with Crippen LogP contribution in [-0.4, -0.2) is 35.4 Å². The summed E-state index contributed by atoms with van der Waals surface area (Å²) in [6.07, 6.45) is 1.37. The Balaban J connectivity index is 2.60. The number of rotatable bonds is 7. The average Bonchev–Trinajstić information content (AvgIpc) is 2.34. The number of nitrogens with one attached hydrogen (secondary N) is 1. The molecule has 0 bridgehead atoms. The monoisotopic (exact) mass is 306 g/mol. The third kappa shape index (κ3) is 5.68. The number of benzene rings is 1. The second-order valence-corrected chi connectivity index (χ2v) is 8.26. The van der Waals surface area contributed by atoms with Crippen LogP contribution in [0.1, 0.15) is 12.0 Å². The maximum Gasteiger partial charge on any atom is 0.240 e. The Bertz CT molecular complexity index is 607. The summed E-state index contributed by atoms with van der Waals surface area (Å²) >= 11 is 0. The normalized spacial score (nSPS) is 12.5. The summed E-state index contributed by atoms with van der Waals surface area (Å²) in [5.41, 5.74) is 6.27. The lowest BCUT2D eigenvalue weighted by atomic mass is 10.2. The maximum atomic E-state index is 11.9. The van der Waals surface area contributed by atoms with Gasteiger partial charge >= 0.3 is 0 Å². The standard InChI is InChI=1S/C11H18N2O4S2/c1-18(14,15)8-2-7-13-19(16,17)11-5-3-10(9-12)4-6-11/h3-6,13H,2,7-9,12H2,1H3. The average molecular weight is 306 g/mol. The van der Waals surface area contributed by atoms with E-state index >= 15 is 0 Å². The van der Waals surface area contributed by atoms with Gasteiger partial charge in [-0.1, -0.05) is 12.1 Å². The molecule has 3 N–H and O–H groups in total. The van der Waals surface area contributed by atoms with Crippen LogP contribution in [0.3, 0.4) is 0 Å². The molecular weight excluding hydrogens is 288 g/mol. The summed E-state index contributed by atoms with van der Waals surface area (Å²) in [7, 11) is -6.65. The largest absolute Gasteiger partial charge is 0.326 e. The van der Waals surface area contributed by atoms with Crippen LogP contribution >= 0.6 is 0 Å². The summed E-state index contributed by atoms with van der Waals surface area (Å²) < 4.78 is 47.9. The lowest BCUT2D eigenvalue weighted by Gasteiger charge is -2.07. The molecule has 0 aliphatic carbocycles. The van der Waals surface area contributed by atoms with Gasteiger partial charge < -0.3 is 5.73 Å². The topological polar surface area (TPSA) is 106 Å². The van der Waals surface area contributed by atoms with Crippen molar-refractivity contribution in [2.75, 3.05) is 18.6 Å². The van der Waals surface area contributed by atoms with Crippen molar-refractivity contribution in [2.24, 2.45) is 5.73 Å². The molecule has 0 saturated carbocycles. The van der Waals surface area contributed by atoms with Crippen LogP contribution in [0.25, 0.3) is 0 Å². The van der Waals surface area contributed by atoms with E-state index in [-0.39, 0.29) is 23.6 Å². The van der Waals surface area contributed by atoms with Crippen molar-refractivity contribution in [2.45, 2.75) is 17.9 Å². The van der Waals surface area contributed by atoms with Gasteiger partial charge in [0.25, 0.3) is 0 Å². The molecule has 0 fully saturated rings. The van der Waals surface area contributed by atoms with Crippen molar-refractivity contribution in [3.63, 3.8) is 0 Å². The van der Waals surface area contributed by atoms with E-state index in [4.69, 9.17) is 5.73 Å². The second-order valence-electron chi connectivity index (χ2n) is 4.23. The SMILES string of the molecule is CS(=O)(=O)CCCNS(=O)(=O)c1ccc(CN)cc1. The smallest absolute Gasteiger partial charge is 0.240 e. The predicted octanol–water partition coefficient (Wildman–Crippen LogP) is -0.142. The van der Waals surface area contributed by atoms with Crippen LogP contribution in [0.15, 0.2) is 29.2 Å². The summed E-state index contributed by atoms with van der Waals surface area (Å²) in [6, 6.07) is 6.23. The zero-order valence-corrected chi connectivity index (χ0v) is 12.3. The summed E-state index contributed by atoms with van der Waals surface area (Å²) in [5, 5.41) is 0. The first-order chi connectivity index (χ1) is 8.74. The Morgan fingerprint density at radius 1 is 1.11 bits per heavy atom. The minimum atomic E-state index is -3.59. The zero-order chi connectivity index (χ0) is 14.5. The molecule has 1 aromatic carbocycles. The lowest BCUT2D eigenvalue weighted by molar-refractivity contribution is 0.577. The van der Waals surface area contributed by atoms with Crippen molar-refractivity contribution < 1.29 is 16.8 Å². The Morgan fingerprint density at radius 3 is 2.16 bits per heavy atom. The van der Waals surface area contributed by atoms with Gasteiger partial charge in [-0.15, -0.1) is 0 Å². The Labute approximate surface area is 114 Å². The Kier molecular flexibility index (Phi) is 5.48. The summed E-state index contributed by atoms with van der Waals surface area (Å²) in [4.78, 5) is 0.143. The number of nitrogens with two attached hydrogens (primary N) is 1. The van der Waals surface area contributed by atoms with E-state index in [1.165, 1.54) is 12.1 Å². The number of sulfone groups is 1. The Morgan fingerprint density at radius 2 is 1.68 bits per heavy atom. The molecule has 0 atom stereocenters. The molecule has 108 valence electrons. The Hall–Kier alpha value is -0.960. The summed E-state index contributed by atoms with van der Waals surface area (Å²) in [6.45, 7) is 0.441. The van der Waals surface area contributed by atoms with Crippen molar-refractivity contribution in [3.8, 4) is 0 Å². The van der Waals surface area contributed by atoms with Crippen LogP contribution in [0.5, 0.6) is 0 Å². The third-order valence-electron chi connectivity index (χ3n) is 2.45. The van der Waals surface area contributed by atoms with Crippen molar-refractivity contribution in [1.82, 2.24) is 4.72 Å². The molecule has 6 nitrogen and oxygen atoms in total. The van der Waals surface area contributed by atoms with Crippen LogP contribution in [0.2, 0.25) is 0 Å². The molecular formula is C11H18N2O4S2. The molecule has 0 saturated heterocycles. The fourth-order valence-electron chi connectivity index (χ4n) is 1.43. The molecule has 0 amide bonds.